The van der Waals surface area contributed by atoms with E-state index in [1.54, 1.807) is 60.7 Å². The monoisotopic (exact) mass is 754 g/mol. The van der Waals surface area contributed by atoms with E-state index in [9.17, 15) is 52.7 Å². The van der Waals surface area contributed by atoms with Crippen LogP contribution in [0.2, 0.25) is 0 Å². The van der Waals surface area contributed by atoms with Crippen molar-refractivity contribution in [2.24, 2.45) is 0 Å². The first-order valence-electron chi connectivity index (χ1n) is 13.9. The molecule has 50 heavy (non-hydrogen) atoms. The van der Waals surface area contributed by atoms with Crippen molar-refractivity contribution >= 4 is 46.0 Å². The Balaban J connectivity index is 1.70. The van der Waals surface area contributed by atoms with Crippen molar-refractivity contribution in [3.8, 4) is 0 Å². The molecular weight excluding hydrogens is 732 g/mol. The van der Waals surface area contributed by atoms with Crippen LogP contribution in [0.1, 0.15) is 45.5 Å². The molecule has 4 rings (SSSR count). The van der Waals surface area contributed by atoms with Crippen molar-refractivity contribution < 1.29 is 52.7 Å². The highest BCUT2D eigenvalue weighted by Gasteiger charge is 2.38. The van der Waals surface area contributed by atoms with Crippen LogP contribution in [0, 0.1) is 0 Å². The van der Waals surface area contributed by atoms with Gasteiger partial charge in [-0.1, -0.05) is 60.7 Å². The largest absolute Gasteiger partial charge is 0.416 e. The highest BCUT2D eigenvalue weighted by Crippen LogP contribution is 2.39. The van der Waals surface area contributed by atoms with E-state index in [1.165, 1.54) is 0 Å². The number of hydrogen-bond acceptors (Lipinski definition) is 2. The normalized spacial score (nSPS) is 13.6. The second-order valence-electron chi connectivity index (χ2n) is 10.6. The molecule has 0 saturated heterocycles. The standard InChI is InChI=1S/C32H22F12N4S2/c33-29(34,35)19-11-20(30(36,37)38)14-23(13-19)45-27(49)47-25(17-7-3-1-4-8-17)26(18-9-5-2-6-10-18)48-28(50)46-24-15-21(31(39,40)41)12-22(16-24)32(42,43)44/h1-16,25-26H,(H2,45,47,49)(H2,46,48,50)/t25-,26+. The summed E-state index contributed by atoms with van der Waals surface area (Å²) < 4.78 is 161. The van der Waals surface area contributed by atoms with E-state index in [2.05, 4.69) is 21.3 Å². The fraction of sp³-hybridized carbons (Fsp3) is 0.188. The van der Waals surface area contributed by atoms with E-state index in [0.717, 1.165) is 0 Å². The molecule has 266 valence electrons. The molecule has 4 nitrogen and oxygen atoms in total. The first-order chi connectivity index (χ1) is 23.1. The summed E-state index contributed by atoms with van der Waals surface area (Å²) >= 11 is 10.6. The number of hydrogen-bond donors (Lipinski definition) is 4. The van der Waals surface area contributed by atoms with E-state index in [0.29, 0.717) is 35.4 Å². The van der Waals surface area contributed by atoms with Crippen LogP contribution >= 0.6 is 24.4 Å². The summed E-state index contributed by atoms with van der Waals surface area (Å²) in [5.41, 5.74) is -6.83. The predicted octanol–water partition coefficient (Wildman–Crippen LogP) is 10.5. The van der Waals surface area contributed by atoms with Gasteiger partial charge in [0, 0.05) is 11.4 Å². The van der Waals surface area contributed by atoms with Gasteiger partial charge in [0.1, 0.15) is 0 Å². The van der Waals surface area contributed by atoms with Gasteiger partial charge in [-0.3, -0.25) is 0 Å². The van der Waals surface area contributed by atoms with Crippen LogP contribution in [0.5, 0.6) is 0 Å². The number of nitrogens with one attached hydrogen (secondary N) is 4. The van der Waals surface area contributed by atoms with E-state index in [4.69, 9.17) is 24.4 Å². The molecule has 0 radical (unpaired) electrons. The fourth-order valence-corrected chi connectivity index (χ4v) is 5.20. The molecule has 0 saturated carbocycles. The Morgan fingerprint density at radius 1 is 0.420 bits per heavy atom. The van der Waals surface area contributed by atoms with Crippen molar-refractivity contribution in [2.75, 3.05) is 10.6 Å². The first-order valence-corrected chi connectivity index (χ1v) is 14.8. The summed E-state index contributed by atoms with van der Waals surface area (Å²) in [7, 11) is 0. The Bertz CT molecular complexity index is 1610. The summed E-state index contributed by atoms with van der Waals surface area (Å²) in [6.45, 7) is 0. The van der Waals surface area contributed by atoms with E-state index >= 15 is 0 Å². The van der Waals surface area contributed by atoms with Crippen LogP contribution < -0.4 is 21.3 Å². The molecule has 0 fully saturated rings. The lowest BCUT2D eigenvalue weighted by molar-refractivity contribution is -0.144. The number of rotatable bonds is 7. The maximum Gasteiger partial charge on any atom is 0.416 e. The van der Waals surface area contributed by atoms with Crippen LogP contribution in [0.4, 0.5) is 64.1 Å². The third kappa shape index (κ3) is 10.2. The molecule has 0 aromatic heterocycles. The fourth-order valence-electron chi connectivity index (χ4n) is 4.71. The minimum atomic E-state index is -5.13. The van der Waals surface area contributed by atoms with Gasteiger partial charge in [0.05, 0.1) is 34.3 Å². The lowest BCUT2D eigenvalue weighted by Crippen LogP contribution is -2.43. The van der Waals surface area contributed by atoms with Crippen LogP contribution in [-0.2, 0) is 24.7 Å². The molecule has 4 aromatic carbocycles. The maximum atomic E-state index is 13.5. The molecule has 0 heterocycles. The molecule has 0 amide bonds. The zero-order chi connectivity index (χ0) is 37.1. The van der Waals surface area contributed by atoms with Gasteiger partial charge >= 0.3 is 24.7 Å². The van der Waals surface area contributed by atoms with E-state index in [-0.39, 0.29) is 12.1 Å². The SMILES string of the molecule is FC(F)(F)c1cc(NC(=S)N[C@H](c2ccccc2)[C@@H](NC(=S)Nc2cc(C(F)(F)F)cc(C(F)(F)F)c2)c2ccccc2)cc(C(F)(F)F)c1. The number of halogens is 12. The molecule has 0 aliphatic heterocycles. The molecule has 18 heteroatoms. The highest BCUT2D eigenvalue weighted by molar-refractivity contribution is 7.80. The van der Waals surface area contributed by atoms with Gasteiger partial charge in [0.2, 0.25) is 0 Å². The quantitative estimate of drug-likeness (QED) is 0.111. The van der Waals surface area contributed by atoms with Gasteiger partial charge in [-0.25, -0.2) is 0 Å². The second kappa shape index (κ2) is 14.7. The lowest BCUT2D eigenvalue weighted by Gasteiger charge is -2.32. The Labute approximate surface area is 286 Å². The predicted molar refractivity (Wildman–Crippen MR) is 170 cm³/mol. The summed E-state index contributed by atoms with van der Waals surface area (Å²) in [6, 6.07) is 15.5. The molecular formula is C32H22F12N4S2. The summed E-state index contributed by atoms with van der Waals surface area (Å²) in [5, 5.41) is 9.46. The molecule has 2 atom stereocenters. The Morgan fingerprint density at radius 2 is 0.680 bits per heavy atom. The van der Waals surface area contributed by atoms with E-state index in [1.807, 2.05) is 0 Å². The molecule has 4 aromatic rings. The third-order valence-electron chi connectivity index (χ3n) is 6.91. The van der Waals surface area contributed by atoms with Crippen LogP contribution in [-0.4, -0.2) is 10.2 Å². The van der Waals surface area contributed by atoms with Gasteiger partial charge in [-0.2, -0.15) is 52.7 Å². The summed E-state index contributed by atoms with van der Waals surface area (Å²) in [5.74, 6) is 0. The Morgan fingerprint density at radius 3 is 0.920 bits per heavy atom. The molecule has 0 spiro atoms. The third-order valence-corrected chi connectivity index (χ3v) is 7.35. The zero-order valence-electron chi connectivity index (χ0n) is 24.7. The number of thiocarbonyl (C=S) groups is 2. The Kier molecular flexibility index (Phi) is 11.3. The van der Waals surface area contributed by atoms with Gasteiger partial charge in [-0.05, 0) is 72.0 Å². The molecule has 0 aliphatic carbocycles. The van der Waals surface area contributed by atoms with Gasteiger partial charge in [0.25, 0.3) is 0 Å². The van der Waals surface area contributed by atoms with Gasteiger partial charge in [-0.15, -0.1) is 0 Å². The number of anilines is 2. The van der Waals surface area contributed by atoms with Gasteiger partial charge < -0.3 is 21.3 Å². The molecule has 0 aliphatic rings. The van der Waals surface area contributed by atoms with Crippen molar-refractivity contribution in [2.45, 2.75) is 36.8 Å². The average Bonchev–Trinajstić information content (AvgIpc) is 3.01. The average molecular weight is 755 g/mol. The van der Waals surface area contributed by atoms with Crippen molar-refractivity contribution in [3.05, 3.63) is 130 Å². The minimum absolute atomic E-state index is 0.0558. The molecule has 4 N–H and O–H groups in total. The van der Waals surface area contributed by atoms with Crippen molar-refractivity contribution in [1.29, 1.82) is 0 Å². The topological polar surface area (TPSA) is 48.1 Å². The second-order valence-corrected chi connectivity index (χ2v) is 11.4. The van der Waals surface area contributed by atoms with Crippen LogP contribution in [0.25, 0.3) is 0 Å². The molecule has 0 unspecified atom stereocenters. The first kappa shape index (κ1) is 38.2. The highest BCUT2D eigenvalue weighted by atomic mass is 32.1. The van der Waals surface area contributed by atoms with E-state index < -0.39 is 80.6 Å². The summed E-state index contributed by atoms with van der Waals surface area (Å²) in [4.78, 5) is 0. The smallest absolute Gasteiger partial charge is 0.353 e. The minimum Gasteiger partial charge on any atom is -0.353 e. The number of alkyl halides is 12. The van der Waals surface area contributed by atoms with Crippen LogP contribution in [0.3, 0.4) is 0 Å². The zero-order valence-corrected chi connectivity index (χ0v) is 26.4. The van der Waals surface area contributed by atoms with Crippen LogP contribution in [0.15, 0.2) is 97.1 Å². The van der Waals surface area contributed by atoms with Crippen molar-refractivity contribution in [3.63, 3.8) is 0 Å². The van der Waals surface area contributed by atoms with Gasteiger partial charge in [0.15, 0.2) is 10.2 Å². The number of benzene rings is 4. The maximum absolute atomic E-state index is 13.5. The Hall–Kier alpha value is -4.58. The molecule has 0 bridgehead atoms. The summed E-state index contributed by atoms with van der Waals surface area (Å²) in [6.07, 6.45) is -20.5. The van der Waals surface area contributed by atoms with Crippen molar-refractivity contribution in [1.82, 2.24) is 10.6 Å². The lowest BCUT2D eigenvalue weighted by atomic mass is 9.93.